The van der Waals surface area contributed by atoms with Crippen LogP contribution >= 0.6 is 0 Å². The van der Waals surface area contributed by atoms with Gasteiger partial charge in [0.2, 0.25) is 15.9 Å². The number of nitrogens with one attached hydrogen (secondary N) is 1. The van der Waals surface area contributed by atoms with Crippen molar-refractivity contribution in [2.75, 3.05) is 13.1 Å². The third kappa shape index (κ3) is 4.04. The summed E-state index contributed by atoms with van der Waals surface area (Å²) in [4.78, 5) is 12.8. The van der Waals surface area contributed by atoms with Crippen molar-refractivity contribution in [1.29, 1.82) is 0 Å². The molecule has 1 heterocycles. The fraction of sp³-hybridized carbons (Fsp3) is 0.500. The SMILES string of the molecule is C[C@@H](NS(=O)(=O)c1ccc(F)c(C(F)(F)F)c1)C(=O)N1CCCC1. The van der Waals surface area contributed by atoms with Crippen LogP contribution in [-0.2, 0) is 21.0 Å². The number of halogens is 4. The molecule has 1 aromatic rings. The van der Waals surface area contributed by atoms with E-state index in [0.29, 0.717) is 19.2 Å². The largest absolute Gasteiger partial charge is 0.419 e. The second-order valence-corrected chi connectivity index (χ2v) is 7.23. The third-order valence-corrected chi connectivity index (χ3v) is 5.21. The highest BCUT2D eigenvalue weighted by molar-refractivity contribution is 7.89. The molecule has 0 saturated carbocycles. The summed E-state index contributed by atoms with van der Waals surface area (Å²) in [6.45, 7) is 2.34. The van der Waals surface area contributed by atoms with E-state index in [1.165, 1.54) is 11.8 Å². The number of rotatable bonds is 4. The molecule has 1 saturated heterocycles. The van der Waals surface area contributed by atoms with Gasteiger partial charge in [-0.2, -0.15) is 17.9 Å². The Labute approximate surface area is 136 Å². The van der Waals surface area contributed by atoms with Gasteiger partial charge >= 0.3 is 6.18 Å². The monoisotopic (exact) mass is 368 g/mol. The van der Waals surface area contributed by atoms with Crippen molar-refractivity contribution in [2.24, 2.45) is 0 Å². The zero-order valence-corrected chi connectivity index (χ0v) is 13.5. The molecular weight excluding hydrogens is 352 g/mol. The molecule has 24 heavy (non-hydrogen) atoms. The number of amides is 1. The van der Waals surface area contributed by atoms with Crippen LogP contribution in [0.3, 0.4) is 0 Å². The number of nitrogens with zero attached hydrogens (tertiary/aromatic N) is 1. The van der Waals surface area contributed by atoms with E-state index >= 15 is 0 Å². The second kappa shape index (κ2) is 6.67. The van der Waals surface area contributed by atoms with Gasteiger partial charge in [-0.3, -0.25) is 4.79 Å². The van der Waals surface area contributed by atoms with Crippen LogP contribution in [0.2, 0.25) is 0 Å². The van der Waals surface area contributed by atoms with Crippen LogP contribution in [0.5, 0.6) is 0 Å². The molecule has 1 fully saturated rings. The Morgan fingerprint density at radius 3 is 2.38 bits per heavy atom. The molecule has 1 aliphatic rings. The standard InChI is InChI=1S/C14H16F4N2O3S/c1-9(13(21)20-6-2-3-7-20)19-24(22,23)10-4-5-12(15)11(8-10)14(16,17)18/h4-5,8-9,19H,2-3,6-7H2,1H3/t9-/m1/s1. The predicted molar refractivity (Wildman–Crippen MR) is 77.0 cm³/mol. The maximum absolute atomic E-state index is 13.3. The highest BCUT2D eigenvalue weighted by Crippen LogP contribution is 2.32. The summed E-state index contributed by atoms with van der Waals surface area (Å²) in [5, 5.41) is 0. The van der Waals surface area contributed by atoms with Crippen LogP contribution in [0, 0.1) is 5.82 Å². The summed E-state index contributed by atoms with van der Waals surface area (Å²) in [7, 11) is -4.40. The van der Waals surface area contributed by atoms with Crippen LogP contribution in [0.1, 0.15) is 25.3 Å². The van der Waals surface area contributed by atoms with E-state index in [0.717, 1.165) is 18.9 Å². The topological polar surface area (TPSA) is 66.5 Å². The Bertz CT molecular complexity index is 728. The van der Waals surface area contributed by atoms with Crippen LogP contribution in [0.15, 0.2) is 23.1 Å². The minimum Gasteiger partial charge on any atom is -0.341 e. The smallest absolute Gasteiger partial charge is 0.341 e. The zero-order chi connectivity index (χ0) is 18.1. The summed E-state index contributed by atoms with van der Waals surface area (Å²) in [6, 6.07) is 0.238. The Kier molecular flexibility index (Phi) is 5.19. The van der Waals surface area contributed by atoms with Crippen molar-refractivity contribution in [3.05, 3.63) is 29.6 Å². The molecule has 5 nitrogen and oxygen atoms in total. The molecule has 0 bridgehead atoms. The molecular formula is C14H16F4N2O3S. The number of carbonyl (C=O) groups excluding carboxylic acids is 1. The lowest BCUT2D eigenvalue weighted by atomic mass is 10.2. The van der Waals surface area contributed by atoms with Gasteiger partial charge in [0.25, 0.3) is 0 Å². The van der Waals surface area contributed by atoms with Gasteiger partial charge in [0.1, 0.15) is 5.82 Å². The van der Waals surface area contributed by atoms with Gasteiger partial charge in [0.15, 0.2) is 0 Å². The molecule has 0 radical (unpaired) electrons. The van der Waals surface area contributed by atoms with Gasteiger partial charge in [-0.05, 0) is 38.0 Å². The molecule has 2 rings (SSSR count). The van der Waals surface area contributed by atoms with Gasteiger partial charge < -0.3 is 4.90 Å². The van der Waals surface area contributed by atoms with E-state index < -0.39 is 44.4 Å². The first-order chi connectivity index (χ1) is 11.0. The minimum atomic E-state index is -5.02. The molecule has 1 amide bonds. The second-order valence-electron chi connectivity index (χ2n) is 5.51. The molecule has 10 heteroatoms. The summed E-state index contributed by atoms with van der Waals surface area (Å²) < 4.78 is 77.7. The number of hydrogen-bond acceptors (Lipinski definition) is 3. The number of likely N-dealkylation sites (tertiary alicyclic amines) is 1. The van der Waals surface area contributed by atoms with Crippen LogP contribution in [0.25, 0.3) is 0 Å². The average Bonchev–Trinajstić information content (AvgIpc) is 2.99. The minimum absolute atomic E-state index is 0.213. The molecule has 1 aromatic carbocycles. The zero-order valence-electron chi connectivity index (χ0n) is 12.7. The predicted octanol–water partition coefficient (Wildman–Crippen LogP) is 2.13. The first kappa shape index (κ1) is 18.7. The fourth-order valence-electron chi connectivity index (χ4n) is 2.45. The van der Waals surface area contributed by atoms with Crippen LogP contribution in [-0.4, -0.2) is 38.4 Å². The third-order valence-electron chi connectivity index (χ3n) is 3.67. The quantitative estimate of drug-likeness (QED) is 0.828. The number of alkyl halides is 3. The Hall–Kier alpha value is -1.68. The maximum atomic E-state index is 13.3. The number of benzene rings is 1. The first-order valence-electron chi connectivity index (χ1n) is 7.20. The molecule has 1 aliphatic heterocycles. The van der Waals surface area contributed by atoms with Crippen molar-refractivity contribution < 1.29 is 30.8 Å². The van der Waals surface area contributed by atoms with Crippen LogP contribution in [0.4, 0.5) is 17.6 Å². The summed E-state index contributed by atoms with van der Waals surface area (Å²) in [5.74, 6) is -2.02. The van der Waals surface area contributed by atoms with Crippen molar-refractivity contribution in [3.63, 3.8) is 0 Å². The van der Waals surface area contributed by atoms with Crippen molar-refractivity contribution in [1.82, 2.24) is 9.62 Å². The van der Waals surface area contributed by atoms with Crippen molar-refractivity contribution >= 4 is 15.9 Å². The van der Waals surface area contributed by atoms with Gasteiger partial charge in [0, 0.05) is 13.1 Å². The van der Waals surface area contributed by atoms with Crippen LogP contribution < -0.4 is 4.72 Å². The molecule has 0 aromatic heterocycles. The fourth-order valence-corrected chi connectivity index (χ4v) is 3.67. The molecule has 1 atom stereocenters. The molecule has 0 spiro atoms. The van der Waals surface area contributed by atoms with Crippen molar-refractivity contribution in [3.8, 4) is 0 Å². The van der Waals surface area contributed by atoms with Gasteiger partial charge in [-0.25, -0.2) is 12.8 Å². The lowest BCUT2D eigenvalue weighted by molar-refractivity contribution is -0.140. The summed E-state index contributed by atoms with van der Waals surface area (Å²) in [5.41, 5.74) is -1.68. The van der Waals surface area contributed by atoms with E-state index in [9.17, 15) is 30.8 Å². The first-order valence-corrected chi connectivity index (χ1v) is 8.68. The Balaban J connectivity index is 2.22. The lowest BCUT2D eigenvalue weighted by Crippen LogP contribution is -2.45. The highest BCUT2D eigenvalue weighted by atomic mass is 32.2. The summed E-state index contributed by atoms with van der Waals surface area (Å²) >= 11 is 0. The van der Waals surface area contributed by atoms with E-state index in [1.807, 2.05) is 4.72 Å². The molecule has 134 valence electrons. The van der Waals surface area contributed by atoms with E-state index in [-0.39, 0.29) is 6.07 Å². The maximum Gasteiger partial charge on any atom is 0.419 e. The average molecular weight is 368 g/mol. The van der Waals surface area contributed by atoms with E-state index in [2.05, 4.69) is 0 Å². The van der Waals surface area contributed by atoms with Gasteiger partial charge in [-0.1, -0.05) is 0 Å². The van der Waals surface area contributed by atoms with Gasteiger partial charge in [0.05, 0.1) is 16.5 Å². The summed E-state index contributed by atoms with van der Waals surface area (Å²) in [6.07, 6.45) is -3.39. The number of hydrogen-bond donors (Lipinski definition) is 1. The van der Waals surface area contributed by atoms with E-state index in [1.54, 1.807) is 0 Å². The van der Waals surface area contributed by atoms with E-state index in [4.69, 9.17) is 0 Å². The molecule has 0 unspecified atom stereocenters. The highest BCUT2D eigenvalue weighted by Gasteiger charge is 2.36. The number of sulfonamides is 1. The van der Waals surface area contributed by atoms with Crippen molar-refractivity contribution in [2.45, 2.75) is 36.9 Å². The Morgan fingerprint density at radius 1 is 1.25 bits per heavy atom. The van der Waals surface area contributed by atoms with Gasteiger partial charge in [-0.15, -0.1) is 0 Å². The lowest BCUT2D eigenvalue weighted by Gasteiger charge is -2.21. The molecule has 0 aliphatic carbocycles. The Morgan fingerprint density at radius 2 is 1.83 bits per heavy atom. The normalized spacial score (nSPS) is 17.1. The molecule has 1 N–H and O–H groups in total. The number of carbonyl (C=O) groups is 1.